The minimum absolute atomic E-state index is 0.0854. The molecule has 12 heteroatoms. The van der Waals surface area contributed by atoms with Crippen LogP contribution in [0.2, 0.25) is 0 Å². The standard InChI is InChI=1S/C24H27F3N6O2S/c1-15(31-13-9-23(10-14-31,21(28)35)32-11-5-2-6-12-32)18-19(24(25,26)27)30-33(20(18)34)22-29-16-7-3-4-8-17(16)36-22/h3-4,7-8H,2,5-6,9-14H2,1H3,(H2,28,35). The molecule has 3 aliphatic heterocycles. The number of nitrogens with zero attached hydrogens (tertiary/aromatic N) is 5. The van der Waals surface area contributed by atoms with Crippen LogP contribution in [0.25, 0.3) is 10.2 Å². The maximum atomic E-state index is 14.0. The lowest BCUT2D eigenvalue weighted by atomic mass is 9.83. The van der Waals surface area contributed by atoms with Gasteiger partial charge >= 0.3 is 6.18 Å². The summed E-state index contributed by atoms with van der Waals surface area (Å²) in [4.78, 5) is 34.0. The molecule has 0 bridgehead atoms. The molecule has 0 unspecified atom stereocenters. The second-order valence-electron chi connectivity index (χ2n) is 9.42. The fourth-order valence-electron chi connectivity index (χ4n) is 5.42. The molecule has 2 aromatic rings. The number of likely N-dealkylation sites (tertiary alicyclic amines) is 2. The highest BCUT2D eigenvalue weighted by atomic mass is 32.1. The number of hydrogen-bond donors (Lipinski definition) is 1. The first kappa shape index (κ1) is 24.7. The van der Waals surface area contributed by atoms with Crippen LogP contribution in [0.15, 0.2) is 40.6 Å². The third-order valence-electron chi connectivity index (χ3n) is 7.42. The zero-order valence-corrected chi connectivity index (χ0v) is 20.7. The molecule has 2 amide bonds. The van der Waals surface area contributed by atoms with Gasteiger partial charge in [-0.3, -0.25) is 14.5 Å². The fraction of sp³-hybridized carbons (Fsp3) is 0.500. The van der Waals surface area contributed by atoms with Crippen molar-refractivity contribution in [3.8, 4) is 0 Å². The zero-order chi connectivity index (χ0) is 25.7. The summed E-state index contributed by atoms with van der Waals surface area (Å²) in [5.41, 5.74) is 4.10. The maximum absolute atomic E-state index is 14.0. The van der Waals surface area contributed by atoms with E-state index in [0.717, 1.165) is 53.4 Å². The molecular weight excluding hydrogens is 493 g/mol. The Kier molecular flexibility index (Phi) is 6.27. The number of rotatable bonds is 4. The van der Waals surface area contributed by atoms with Gasteiger partial charge in [0.1, 0.15) is 5.54 Å². The Morgan fingerprint density at radius 3 is 2.36 bits per heavy atom. The SMILES string of the molecule is CC(=C1C(=O)N(c2nc3ccccc3s2)N=C1C(F)(F)F)N1CCC(C(N)=O)(N2CCCCC2)CC1. The molecule has 3 aliphatic rings. The molecular formula is C24H27F3N6O2S. The van der Waals surface area contributed by atoms with E-state index in [1.165, 1.54) is 6.92 Å². The summed E-state index contributed by atoms with van der Waals surface area (Å²) >= 11 is 1.11. The summed E-state index contributed by atoms with van der Waals surface area (Å²) in [6.07, 6.45) is -0.955. The third kappa shape index (κ3) is 4.15. The Balaban J connectivity index is 1.44. The van der Waals surface area contributed by atoms with Crippen LogP contribution in [0.3, 0.4) is 0 Å². The highest BCUT2D eigenvalue weighted by Crippen LogP contribution is 2.38. The average Bonchev–Trinajstić information content (AvgIpc) is 3.45. The Labute approximate surface area is 210 Å². The van der Waals surface area contributed by atoms with E-state index in [2.05, 4.69) is 15.0 Å². The molecule has 8 nitrogen and oxygen atoms in total. The van der Waals surface area contributed by atoms with Gasteiger partial charge in [0, 0.05) is 18.8 Å². The molecule has 1 aromatic carbocycles. The molecule has 5 rings (SSSR count). The number of primary amides is 1. The van der Waals surface area contributed by atoms with Gasteiger partial charge in [0.15, 0.2) is 5.71 Å². The Bertz CT molecular complexity index is 1220. The van der Waals surface area contributed by atoms with Crippen LogP contribution in [-0.2, 0) is 9.59 Å². The number of piperidine rings is 2. The lowest BCUT2D eigenvalue weighted by Gasteiger charge is -2.48. The zero-order valence-electron chi connectivity index (χ0n) is 19.8. The number of thiazole rings is 1. The second-order valence-corrected chi connectivity index (χ2v) is 10.4. The molecule has 2 saturated heterocycles. The molecule has 192 valence electrons. The van der Waals surface area contributed by atoms with Crippen molar-refractivity contribution in [2.75, 3.05) is 31.2 Å². The van der Waals surface area contributed by atoms with Gasteiger partial charge in [-0.1, -0.05) is 29.9 Å². The van der Waals surface area contributed by atoms with Crippen LogP contribution in [0.5, 0.6) is 0 Å². The number of hydrazone groups is 1. The van der Waals surface area contributed by atoms with Crippen LogP contribution in [-0.4, -0.2) is 70.2 Å². The minimum atomic E-state index is -4.82. The van der Waals surface area contributed by atoms with Crippen molar-refractivity contribution in [3.05, 3.63) is 35.5 Å². The quantitative estimate of drug-likeness (QED) is 0.622. The van der Waals surface area contributed by atoms with Crippen molar-refractivity contribution in [2.24, 2.45) is 10.8 Å². The average molecular weight is 521 g/mol. The van der Waals surface area contributed by atoms with Gasteiger partial charge < -0.3 is 10.6 Å². The van der Waals surface area contributed by atoms with Gasteiger partial charge in [-0.15, -0.1) is 0 Å². The van der Waals surface area contributed by atoms with E-state index in [9.17, 15) is 22.8 Å². The Hall–Kier alpha value is -2.99. The summed E-state index contributed by atoms with van der Waals surface area (Å²) in [6.45, 7) is 3.70. The fourth-order valence-corrected chi connectivity index (χ4v) is 6.33. The molecule has 0 atom stereocenters. The van der Waals surface area contributed by atoms with Gasteiger partial charge in [0.2, 0.25) is 11.0 Å². The molecule has 1 aromatic heterocycles. The molecule has 2 N–H and O–H groups in total. The summed E-state index contributed by atoms with van der Waals surface area (Å²) in [5, 5.41) is 4.52. The van der Waals surface area contributed by atoms with Gasteiger partial charge in [-0.2, -0.15) is 23.3 Å². The van der Waals surface area contributed by atoms with E-state index in [-0.39, 0.29) is 10.8 Å². The topological polar surface area (TPSA) is 95.1 Å². The number of allylic oxidation sites excluding steroid dienone is 1. The smallest absolute Gasteiger partial charge is 0.374 e. The molecule has 0 radical (unpaired) electrons. The van der Waals surface area contributed by atoms with Crippen LogP contribution >= 0.6 is 11.3 Å². The molecule has 0 aliphatic carbocycles. The minimum Gasteiger partial charge on any atom is -0.374 e. The monoisotopic (exact) mass is 520 g/mol. The number of halogens is 3. The summed E-state index contributed by atoms with van der Waals surface area (Å²) < 4.78 is 42.8. The molecule has 36 heavy (non-hydrogen) atoms. The lowest BCUT2D eigenvalue weighted by molar-refractivity contribution is -0.134. The van der Waals surface area contributed by atoms with Crippen molar-refractivity contribution >= 4 is 44.2 Å². The van der Waals surface area contributed by atoms with Crippen LogP contribution in [0, 0.1) is 0 Å². The van der Waals surface area contributed by atoms with E-state index in [4.69, 9.17) is 5.73 Å². The second kappa shape index (κ2) is 9.15. The molecule has 0 saturated carbocycles. The first-order valence-electron chi connectivity index (χ1n) is 12.0. The van der Waals surface area contributed by atoms with Gasteiger partial charge in [0.05, 0.1) is 15.8 Å². The highest BCUT2D eigenvalue weighted by molar-refractivity contribution is 7.22. The number of alkyl halides is 3. The normalized spacial score (nSPS) is 22.8. The highest BCUT2D eigenvalue weighted by Gasteiger charge is 2.50. The predicted molar refractivity (Wildman–Crippen MR) is 131 cm³/mol. The Morgan fingerprint density at radius 2 is 1.75 bits per heavy atom. The summed E-state index contributed by atoms with van der Waals surface area (Å²) in [6, 6.07) is 7.08. The van der Waals surface area contributed by atoms with Crippen molar-refractivity contribution in [2.45, 2.75) is 50.7 Å². The number of para-hydroxylation sites is 1. The number of anilines is 1. The first-order valence-corrected chi connectivity index (χ1v) is 12.8. The van der Waals surface area contributed by atoms with Gasteiger partial charge in [-0.05, 0) is 57.8 Å². The van der Waals surface area contributed by atoms with Crippen LogP contribution in [0.1, 0.15) is 39.0 Å². The number of hydrogen-bond acceptors (Lipinski definition) is 7. The van der Waals surface area contributed by atoms with Gasteiger partial charge in [-0.25, -0.2) is 4.98 Å². The van der Waals surface area contributed by atoms with Crippen molar-refractivity contribution in [1.29, 1.82) is 0 Å². The maximum Gasteiger partial charge on any atom is 0.436 e. The van der Waals surface area contributed by atoms with Crippen LogP contribution < -0.4 is 10.7 Å². The van der Waals surface area contributed by atoms with Crippen LogP contribution in [0.4, 0.5) is 18.3 Å². The van der Waals surface area contributed by atoms with Gasteiger partial charge in [0.25, 0.3) is 5.91 Å². The van der Waals surface area contributed by atoms with E-state index in [1.807, 2.05) is 0 Å². The number of nitrogens with two attached hydrogens (primary N) is 1. The first-order chi connectivity index (χ1) is 17.1. The largest absolute Gasteiger partial charge is 0.436 e. The van der Waals surface area contributed by atoms with Crippen molar-refractivity contribution in [3.63, 3.8) is 0 Å². The molecule has 0 spiro atoms. The van der Waals surface area contributed by atoms with Crippen molar-refractivity contribution < 1.29 is 22.8 Å². The number of benzene rings is 1. The number of carbonyl (C=O) groups is 2. The number of fused-ring (bicyclic) bond motifs is 1. The summed E-state index contributed by atoms with van der Waals surface area (Å²) in [7, 11) is 0. The predicted octanol–water partition coefficient (Wildman–Crippen LogP) is 3.64. The van der Waals surface area contributed by atoms with Crippen molar-refractivity contribution in [1.82, 2.24) is 14.8 Å². The third-order valence-corrected chi connectivity index (χ3v) is 8.43. The number of aromatic nitrogens is 1. The van der Waals surface area contributed by atoms with E-state index >= 15 is 0 Å². The number of amides is 2. The Morgan fingerprint density at radius 1 is 1.08 bits per heavy atom. The molecule has 2 fully saturated rings. The van der Waals surface area contributed by atoms with E-state index < -0.39 is 34.8 Å². The molecule has 4 heterocycles. The lowest BCUT2D eigenvalue weighted by Crippen LogP contribution is -2.63. The van der Waals surface area contributed by atoms with E-state index in [0.29, 0.717) is 31.4 Å². The summed E-state index contributed by atoms with van der Waals surface area (Å²) in [5.74, 6) is -1.26. The number of carbonyl (C=O) groups excluding carboxylic acids is 2. The van der Waals surface area contributed by atoms with E-state index in [1.54, 1.807) is 29.2 Å².